The SMILES string of the molecule is N#CN=c1c2cc(-c3ccc(OC(F)(F)F)cc3)ccc2c2cc3c(=NC#N)c4cc(-c5ccc(OC(F)(F)F)cc5)ccc4c3cc12. The molecular formula is C36H16F6N4O2. The summed E-state index contributed by atoms with van der Waals surface area (Å²) in [4.78, 5) is 8.26. The minimum absolute atomic E-state index is 0.350. The predicted molar refractivity (Wildman–Crippen MR) is 165 cm³/mol. The van der Waals surface area contributed by atoms with E-state index < -0.39 is 12.7 Å². The van der Waals surface area contributed by atoms with Crippen LogP contribution in [0.3, 0.4) is 0 Å². The van der Waals surface area contributed by atoms with E-state index in [2.05, 4.69) is 19.5 Å². The quantitative estimate of drug-likeness (QED) is 0.140. The molecule has 0 N–H and O–H groups in total. The number of hydrogen-bond acceptors (Lipinski definition) is 6. The summed E-state index contributed by atoms with van der Waals surface area (Å²) in [5.41, 5.74) is 2.61. The third kappa shape index (κ3) is 5.50. The molecule has 0 unspecified atom stereocenters. The van der Waals surface area contributed by atoms with Gasteiger partial charge in [0.05, 0.1) is 10.7 Å². The van der Waals surface area contributed by atoms with E-state index in [0.29, 0.717) is 54.5 Å². The van der Waals surface area contributed by atoms with E-state index in [1.807, 2.05) is 48.8 Å². The highest BCUT2D eigenvalue weighted by Gasteiger charge is 2.31. The van der Waals surface area contributed by atoms with Crippen molar-refractivity contribution < 1.29 is 35.8 Å². The predicted octanol–water partition coefficient (Wildman–Crippen LogP) is 9.07. The van der Waals surface area contributed by atoms with Crippen molar-refractivity contribution in [2.45, 2.75) is 12.7 Å². The molecule has 0 aliphatic rings. The molecule has 0 saturated carbocycles. The normalized spacial score (nSPS) is 13.0. The van der Waals surface area contributed by atoms with Crippen LogP contribution in [0, 0.1) is 22.9 Å². The highest BCUT2D eigenvalue weighted by molar-refractivity contribution is 6.21. The van der Waals surface area contributed by atoms with Crippen LogP contribution in [0.15, 0.2) is 107 Å². The average molecular weight is 651 g/mol. The molecule has 48 heavy (non-hydrogen) atoms. The number of hydrogen-bond donors (Lipinski definition) is 0. The summed E-state index contributed by atoms with van der Waals surface area (Å²) in [6.45, 7) is 0. The number of benzene rings is 5. The van der Waals surface area contributed by atoms with Crippen molar-refractivity contribution >= 4 is 43.1 Å². The molecule has 0 atom stereocenters. The van der Waals surface area contributed by atoms with Crippen molar-refractivity contribution in [3.63, 3.8) is 0 Å². The first kappa shape index (κ1) is 30.3. The molecule has 7 aromatic carbocycles. The van der Waals surface area contributed by atoms with E-state index in [-0.39, 0.29) is 11.5 Å². The minimum atomic E-state index is -4.81. The summed E-state index contributed by atoms with van der Waals surface area (Å²) in [6, 6.07) is 25.5. The van der Waals surface area contributed by atoms with Gasteiger partial charge in [0.25, 0.3) is 0 Å². The van der Waals surface area contributed by atoms with Crippen LogP contribution in [0.5, 0.6) is 11.5 Å². The Kier molecular flexibility index (Phi) is 7.02. The third-order valence-electron chi connectivity index (χ3n) is 7.96. The fourth-order valence-corrected chi connectivity index (χ4v) is 6.08. The van der Waals surface area contributed by atoms with Gasteiger partial charge in [-0.05, 0) is 92.3 Å². The summed E-state index contributed by atoms with van der Waals surface area (Å²) in [5.74, 6) is -0.700. The van der Waals surface area contributed by atoms with E-state index in [1.165, 1.54) is 48.5 Å². The lowest BCUT2D eigenvalue weighted by Gasteiger charge is -2.09. The number of nitriles is 2. The molecule has 0 radical (unpaired) electrons. The second-order valence-corrected chi connectivity index (χ2v) is 10.7. The number of alkyl halides is 6. The molecule has 0 aliphatic carbocycles. The number of halogens is 6. The van der Waals surface area contributed by atoms with Crippen molar-refractivity contribution in [1.29, 1.82) is 10.5 Å². The summed E-state index contributed by atoms with van der Waals surface area (Å²) in [5, 5.41) is 25.7. The van der Waals surface area contributed by atoms with E-state index in [1.54, 1.807) is 12.1 Å². The first-order chi connectivity index (χ1) is 22.9. The Hall–Kier alpha value is -6.40. The van der Waals surface area contributed by atoms with E-state index in [9.17, 15) is 36.9 Å². The molecule has 0 bridgehead atoms. The van der Waals surface area contributed by atoms with Crippen LogP contribution in [0.25, 0.3) is 65.3 Å². The molecule has 7 rings (SSSR count). The number of rotatable bonds is 4. The fourth-order valence-electron chi connectivity index (χ4n) is 6.08. The van der Waals surface area contributed by atoms with Crippen LogP contribution < -0.4 is 20.2 Å². The molecule has 7 aromatic rings. The maximum atomic E-state index is 12.6. The van der Waals surface area contributed by atoms with Gasteiger partial charge >= 0.3 is 12.7 Å². The van der Waals surface area contributed by atoms with Gasteiger partial charge in [-0.3, -0.25) is 0 Å². The van der Waals surface area contributed by atoms with Crippen LogP contribution in [-0.2, 0) is 0 Å². The van der Waals surface area contributed by atoms with Crippen LogP contribution in [0.2, 0.25) is 0 Å². The summed E-state index contributed by atoms with van der Waals surface area (Å²) in [7, 11) is 0. The van der Waals surface area contributed by atoms with Crippen LogP contribution in [0.4, 0.5) is 26.3 Å². The van der Waals surface area contributed by atoms with E-state index >= 15 is 0 Å². The molecule has 0 fully saturated rings. The molecular weight excluding hydrogens is 634 g/mol. The van der Waals surface area contributed by atoms with Crippen LogP contribution in [-0.4, -0.2) is 12.7 Å². The third-order valence-corrected chi connectivity index (χ3v) is 7.96. The lowest BCUT2D eigenvalue weighted by atomic mass is 10.0. The molecule has 234 valence electrons. The van der Waals surface area contributed by atoms with Gasteiger partial charge < -0.3 is 9.47 Å². The van der Waals surface area contributed by atoms with Crippen LogP contribution in [0.1, 0.15) is 0 Å². The highest BCUT2D eigenvalue weighted by atomic mass is 19.4. The van der Waals surface area contributed by atoms with Gasteiger partial charge in [0, 0.05) is 21.5 Å². The topological polar surface area (TPSA) is 90.8 Å². The lowest BCUT2D eigenvalue weighted by Crippen LogP contribution is -2.16. The van der Waals surface area contributed by atoms with Crippen molar-refractivity contribution in [2.75, 3.05) is 0 Å². The van der Waals surface area contributed by atoms with Gasteiger partial charge in [-0.2, -0.15) is 20.5 Å². The Morgan fingerprint density at radius 3 is 1.08 bits per heavy atom. The molecule has 12 heteroatoms. The van der Waals surface area contributed by atoms with Crippen molar-refractivity contribution in [3.05, 3.63) is 108 Å². The largest absolute Gasteiger partial charge is 0.573 e. The zero-order valence-corrected chi connectivity index (χ0v) is 24.1. The zero-order chi connectivity index (χ0) is 33.8. The monoisotopic (exact) mass is 650 g/mol. The van der Waals surface area contributed by atoms with Crippen molar-refractivity contribution in [1.82, 2.24) is 0 Å². The second kappa shape index (κ2) is 11.1. The molecule has 0 aromatic heterocycles. The highest BCUT2D eigenvalue weighted by Crippen LogP contribution is 2.36. The summed E-state index contributed by atoms with van der Waals surface area (Å²) >= 11 is 0. The second-order valence-electron chi connectivity index (χ2n) is 10.7. The van der Waals surface area contributed by atoms with Gasteiger partial charge in [0.1, 0.15) is 11.5 Å². The summed E-state index contributed by atoms with van der Waals surface area (Å²) in [6.07, 6.45) is -5.89. The number of fused-ring (bicyclic) bond motifs is 6. The minimum Gasteiger partial charge on any atom is -0.406 e. The van der Waals surface area contributed by atoms with Gasteiger partial charge in [-0.25, -0.2) is 0 Å². The zero-order valence-electron chi connectivity index (χ0n) is 24.1. The Bertz CT molecular complexity index is 2420. The van der Waals surface area contributed by atoms with E-state index in [4.69, 9.17) is 0 Å². The molecule has 6 nitrogen and oxygen atoms in total. The Morgan fingerprint density at radius 2 is 0.750 bits per heavy atom. The number of ether oxygens (including phenoxy) is 2. The number of nitrogens with zero attached hydrogens (tertiary/aromatic N) is 4. The Labute approximate surface area is 266 Å². The Morgan fingerprint density at radius 1 is 0.417 bits per heavy atom. The van der Waals surface area contributed by atoms with Crippen molar-refractivity contribution in [3.8, 4) is 46.1 Å². The first-order valence-electron chi connectivity index (χ1n) is 14.1. The lowest BCUT2D eigenvalue weighted by molar-refractivity contribution is -0.275. The van der Waals surface area contributed by atoms with Gasteiger partial charge in [-0.1, -0.05) is 48.5 Å². The maximum absolute atomic E-state index is 12.6. The molecule has 0 spiro atoms. The van der Waals surface area contributed by atoms with Gasteiger partial charge in [0.15, 0.2) is 0 Å². The first-order valence-corrected chi connectivity index (χ1v) is 14.1. The molecule has 0 amide bonds. The van der Waals surface area contributed by atoms with Crippen molar-refractivity contribution in [2.24, 2.45) is 9.98 Å². The molecule has 0 saturated heterocycles. The summed E-state index contributed by atoms with van der Waals surface area (Å²) < 4.78 is 83.7. The Balaban J connectivity index is 1.38. The van der Waals surface area contributed by atoms with Gasteiger partial charge in [0.2, 0.25) is 12.4 Å². The smallest absolute Gasteiger partial charge is 0.406 e. The molecule has 0 aliphatic heterocycles. The average Bonchev–Trinajstić information content (AvgIpc) is 3.50. The van der Waals surface area contributed by atoms with Crippen LogP contribution >= 0.6 is 0 Å². The van der Waals surface area contributed by atoms with E-state index in [0.717, 1.165) is 21.5 Å². The molecule has 0 heterocycles. The van der Waals surface area contributed by atoms with Gasteiger partial charge in [-0.15, -0.1) is 26.3 Å². The fraction of sp³-hybridized carbons (Fsp3) is 0.0556. The standard InChI is InChI=1S/C36H16F6N4O2/c37-35(38,39)47-23-7-1-19(2-8-23)21-5-11-25-27-15-32-28(16-31(27)33(45-17-43)29(25)13-21)26-12-6-22(14-30(26)34(32)46-18-44)20-3-9-24(10-4-20)48-36(40,41)42/h1-16H. The maximum Gasteiger partial charge on any atom is 0.573 e.